The predicted octanol–water partition coefficient (Wildman–Crippen LogP) is 2.59. The molecule has 1 saturated heterocycles. The number of carbonyl (C=O) groups excluding carboxylic acids is 1. The van der Waals surface area contributed by atoms with Crippen LogP contribution in [0.3, 0.4) is 0 Å². The minimum Gasteiger partial charge on any atom is -0.346 e. The van der Waals surface area contributed by atoms with E-state index in [1.807, 2.05) is 90.8 Å². The highest BCUT2D eigenvalue weighted by Crippen LogP contribution is 2.26. The molecular weight excluding hydrogens is 378 g/mol. The molecule has 1 aromatic heterocycles. The van der Waals surface area contributed by atoms with Gasteiger partial charge in [0.05, 0.1) is 18.6 Å². The van der Waals surface area contributed by atoms with E-state index in [0.29, 0.717) is 23.4 Å². The molecule has 3 aliphatic heterocycles. The van der Waals surface area contributed by atoms with Crippen LogP contribution in [0.5, 0.6) is 0 Å². The van der Waals surface area contributed by atoms with Crippen LogP contribution in [0, 0.1) is 0 Å². The van der Waals surface area contributed by atoms with Crippen molar-refractivity contribution in [1.82, 2.24) is 19.9 Å². The summed E-state index contributed by atoms with van der Waals surface area (Å²) in [6.45, 7) is 0.714. The monoisotopic (exact) mass is 402 g/mol. The maximum Gasteiger partial charge on any atom is 0.275 e. The molecule has 1 aromatic carbocycles. The number of fused-ring (bicyclic) bond motifs is 1. The SMILES string of the molecule is CN1C=C[N+]2(C)NC(/C=C/c3nc(N4CCCC4=O)cn3-c3ccccc3)=NC2=C1. The van der Waals surface area contributed by atoms with E-state index in [0.717, 1.165) is 29.6 Å². The van der Waals surface area contributed by atoms with E-state index >= 15 is 0 Å². The van der Waals surface area contributed by atoms with Gasteiger partial charge in [0.2, 0.25) is 5.91 Å². The first-order valence-corrected chi connectivity index (χ1v) is 10.0. The number of quaternary nitrogens is 1. The van der Waals surface area contributed by atoms with Crippen LogP contribution in [0.15, 0.2) is 72.0 Å². The van der Waals surface area contributed by atoms with Gasteiger partial charge in [-0.25, -0.2) is 10.4 Å². The van der Waals surface area contributed by atoms with Crippen molar-refractivity contribution in [3.63, 3.8) is 0 Å². The number of aromatic nitrogens is 2. The topological polar surface area (TPSA) is 65.8 Å². The number of benzene rings is 1. The van der Waals surface area contributed by atoms with Gasteiger partial charge in [0.1, 0.15) is 19.1 Å². The molecule has 1 fully saturated rings. The summed E-state index contributed by atoms with van der Waals surface area (Å²) in [5.41, 5.74) is 4.40. The molecule has 1 amide bonds. The van der Waals surface area contributed by atoms with Crippen molar-refractivity contribution in [1.29, 1.82) is 0 Å². The van der Waals surface area contributed by atoms with E-state index in [2.05, 4.69) is 5.43 Å². The lowest BCUT2D eigenvalue weighted by molar-refractivity contribution is -0.853. The first-order valence-electron chi connectivity index (χ1n) is 10.0. The van der Waals surface area contributed by atoms with E-state index in [1.165, 1.54) is 0 Å². The van der Waals surface area contributed by atoms with Crippen LogP contribution in [0.25, 0.3) is 11.8 Å². The number of para-hydroxylation sites is 1. The minimum atomic E-state index is 0.127. The highest BCUT2D eigenvalue weighted by atomic mass is 16.2. The summed E-state index contributed by atoms with van der Waals surface area (Å²) in [5, 5.41) is 0. The zero-order chi connectivity index (χ0) is 20.7. The summed E-state index contributed by atoms with van der Waals surface area (Å²) in [4.78, 5) is 25.4. The summed E-state index contributed by atoms with van der Waals surface area (Å²) in [7, 11) is 4.02. The number of nitrogens with zero attached hydrogens (tertiary/aromatic N) is 6. The van der Waals surface area contributed by atoms with Gasteiger partial charge in [0, 0.05) is 25.7 Å². The van der Waals surface area contributed by atoms with Gasteiger partial charge in [-0.1, -0.05) is 18.2 Å². The van der Waals surface area contributed by atoms with Crippen LogP contribution >= 0.6 is 0 Å². The molecule has 152 valence electrons. The largest absolute Gasteiger partial charge is 0.346 e. The maximum absolute atomic E-state index is 12.2. The average molecular weight is 402 g/mol. The molecule has 0 radical (unpaired) electrons. The molecule has 1 unspecified atom stereocenters. The zero-order valence-electron chi connectivity index (χ0n) is 17.1. The second kappa shape index (κ2) is 7.00. The third kappa shape index (κ3) is 3.21. The molecule has 0 aliphatic carbocycles. The molecule has 1 atom stereocenters. The van der Waals surface area contributed by atoms with Crippen molar-refractivity contribution < 1.29 is 9.39 Å². The summed E-state index contributed by atoms with van der Waals surface area (Å²) in [6.07, 6.45) is 13.3. The van der Waals surface area contributed by atoms with E-state index in [-0.39, 0.29) is 5.91 Å². The molecule has 0 saturated carbocycles. The number of anilines is 1. The van der Waals surface area contributed by atoms with E-state index in [4.69, 9.17) is 9.98 Å². The molecular formula is C22H24N7O+. The van der Waals surface area contributed by atoms with Gasteiger partial charge in [-0.15, -0.1) is 4.59 Å². The average Bonchev–Trinajstić information content (AvgIpc) is 3.43. The molecule has 1 N–H and O–H groups in total. The Morgan fingerprint density at radius 3 is 2.80 bits per heavy atom. The van der Waals surface area contributed by atoms with Crippen molar-refractivity contribution >= 4 is 23.6 Å². The number of amidine groups is 1. The van der Waals surface area contributed by atoms with Crippen LogP contribution in [0.1, 0.15) is 18.7 Å². The Hall–Kier alpha value is -3.65. The first-order chi connectivity index (χ1) is 14.5. The fraction of sp³-hybridized carbons (Fsp3) is 0.227. The lowest BCUT2D eigenvalue weighted by Gasteiger charge is -2.27. The lowest BCUT2D eigenvalue weighted by Crippen LogP contribution is -2.48. The molecule has 8 heteroatoms. The number of rotatable bonds is 4. The van der Waals surface area contributed by atoms with Gasteiger partial charge in [0.25, 0.3) is 5.82 Å². The second-order valence-electron chi connectivity index (χ2n) is 7.78. The van der Waals surface area contributed by atoms with E-state index in [9.17, 15) is 4.79 Å². The molecule has 0 bridgehead atoms. The van der Waals surface area contributed by atoms with Crippen LogP contribution < -0.4 is 10.3 Å². The summed E-state index contributed by atoms with van der Waals surface area (Å²) in [5.74, 6) is 3.22. The summed E-state index contributed by atoms with van der Waals surface area (Å²) < 4.78 is 2.42. The van der Waals surface area contributed by atoms with Crippen LogP contribution in [0.4, 0.5) is 5.82 Å². The van der Waals surface area contributed by atoms with E-state index < -0.39 is 0 Å². The number of nitrogens with one attached hydrogen (secondary N) is 1. The van der Waals surface area contributed by atoms with E-state index in [1.54, 1.807) is 4.90 Å². The molecule has 5 rings (SSSR count). The normalized spacial score (nSPS) is 23.1. The number of imidazole rings is 1. The Morgan fingerprint density at radius 2 is 2.03 bits per heavy atom. The molecule has 3 aliphatic rings. The predicted molar refractivity (Wildman–Crippen MR) is 116 cm³/mol. The van der Waals surface area contributed by atoms with Crippen molar-refractivity contribution in [2.75, 3.05) is 25.5 Å². The van der Waals surface area contributed by atoms with Crippen LogP contribution in [-0.4, -0.2) is 51.4 Å². The Morgan fingerprint density at radius 1 is 1.20 bits per heavy atom. The quantitative estimate of drug-likeness (QED) is 0.799. The number of hydrogen-bond acceptors (Lipinski definition) is 5. The minimum absolute atomic E-state index is 0.127. The van der Waals surface area contributed by atoms with Crippen molar-refractivity contribution in [2.45, 2.75) is 12.8 Å². The van der Waals surface area contributed by atoms with Gasteiger partial charge in [-0.05, 0) is 30.7 Å². The Balaban J connectivity index is 1.49. The second-order valence-corrected chi connectivity index (χ2v) is 7.78. The van der Waals surface area contributed by atoms with Gasteiger partial charge in [-0.3, -0.25) is 14.3 Å². The Kier molecular flexibility index (Phi) is 4.29. The number of aliphatic imine (C=N–C) groups is 1. The van der Waals surface area contributed by atoms with Crippen molar-refractivity contribution in [3.8, 4) is 5.69 Å². The van der Waals surface area contributed by atoms with Crippen molar-refractivity contribution in [3.05, 3.63) is 72.8 Å². The molecule has 4 heterocycles. The summed E-state index contributed by atoms with van der Waals surface area (Å²) in [6, 6.07) is 10.0. The first kappa shape index (κ1) is 18.4. The van der Waals surface area contributed by atoms with Gasteiger partial charge >= 0.3 is 0 Å². The number of hydrogen-bond donors (Lipinski definition) is 1. The standard InChI is InChI=1S/C22H24N7O/c1-26-13-14-29(2)21(16-26)23-18(25-29)10-11-19-24-20(27-12-6-9-22(27)30)15-28(19)17-7-4-3-5-8-17/h3-5,7-8,10-11,13-16H,6,9,12H2,1-2H3,(H,23,25)/q+1/b11-10+. The fourth-order valence-electron chi connectivity index (χ4n) is 3.82. The third-order valence-electron chi connectivity index (χ3n) is 5.47. The summed E-state index contributed by atoms with van der Waals surface area (Å²) >= 11 is 0. The maximum atomic E-state index is 12.2. The lowest BCUT2D eigenvalue weighted by atomic mass is 10.3. The highest BCUT2D eigenvalue weighted by Gasteiger charge is 2.36. The Labute approximate surface area is 175 Å². The molecule has 2 aromatic rings. The highest BCUT2D eigenvalue weighted by molar-refractivity contribution is 5.97. The number of amides is 1. The third-order valence-corrected chi connectivity index (χ3v) is 5.47. The van der Waals surface area contributed by atoms with Crippen LogP contribution in [-0.2, 0) is 4.79 Å². The smallest absolute Gasteiger partial charge is 0.275 e. The van der Waals surface area contributed by atoms with Crippen LogP contribution in [0.2, 0.25) is 0 Å². The molecule has 0 spiro atoms. The van der Waals surface area contributed by atoms with Gasteiger partial charge < -0.3 is 4.90 Å². The number of carbonyl (C=O) groups is 1. The molecule has 8 nitrogen and oxygen atoms in total. The zero-order valence-corrected chi connectivity index (χ0v) is 17.1. The fourth-order valence-corrected chi connectivity index (χ4v) is 3.82. The van der Waals surface area contributed by atoms with Gasteiger partial charge in [0.15, 0.2) is 11.7 Å². The van der Waals surface area contributed by atoms with Crippen molar-refractivity contribution in [2.24, 2.45) is 4.99 Å². The molecule has 30 heavy (non-hydrogen) atoms. The Bertz CT molecular complexity index is 1110. The van der Waals surface area contributed by atoms with Gasteiger partial charge in [-0.2, -0.15) is 4.99 Å².